The van der Waals surface area contributed by atoms with Crippen LogP contribution < -0.4 is 0 Å². The fraction of sp³-hybridized carbons (Fsp3) is 0.462. The van der Waals surface area contributed by atoms with Crippen molar-refractivity contribution >= 4 is 11.7 Å². The van der Waals surface area contributed by atoms with Crippen LogP contribution >= 0.6 is 0 Å². The molecule has 5 heteroatoms. The maximum Gasteiger partial charge on any atom is 0.295 e. The van der Waals surface area contributed by atoms with E-state index in [0.29, 0.717) is 31.5 Å². The van der Waals surface area contributed by atoms with Crippen molar-refractivity contribution in [3.8, 4) is 0 Å². The standard InChI is InChI=1S/C13H16N2O3/c16-11-4-2-7-15(8-5-11)13(18)12(17)10-3-1-6-14-9-10/h1,3,6,9,11,16H,2,4-5,7-8H2/t11-/m1/s1. The molecule has 0 unspecified atom stereocenters. The minimum absolute atomic E-state index is 0.312. The van der Waals surface area contributed by atoms with E-state index in [9.17, 15) is 14.7 Å². The van der Waals surface area contributed by atoms with Crippen molar-refractivity contribution in [2.24, 2.45) is 0 Å². The molecule has 5 nitrogen and oxygen atoms in total. The molecular formula is C13H16N2O3. The van der Waals surface area contributed by atoms with Crippen LogP contribution in [0.1, 0.15) is 29.6 Å². The van der Waals surface area contributed by atoms with Crippen LogP contribution in [0.15, 0.2) is 24.5 Å². The number of aliphatic hydroxyl groups is 1. The van der Waals surface area contributed by atoms with Gasteiger partial charge in [-0.3, -0.25) is 14.6 Å². The van der Waals surface area contributed by atoms with Crippen LogP contribution in [-0.4, -0.2) is 45.9 Å². The number of hydrogen-bond donors (Lipinski definition) is 1. The van der Waals surface area contributed by atoms with Gasteiger partial charge in [0.05, 0.1) is 6.10 Å². The molecule has 0 bridgehead atoms. The third kappa shape index (κ3) is 2.92. The van der Waals surface area contributed by atoms with Gasteiger partial charge >= 0.3 is 0 Å². The Morgan fingerprint density at radius 2 is 2.17 bits per heavy atom. The van der Waals surface area contributed by atoms with E-state index in [1.165, 1.54) is 11.1 Å². The zero-order valence-electron chi connectivity index (χ0n) is 10.1. The summed E-state index contributed by atoms with van der Waals surface area (Å²) in [5, 5.41) is 9.51. The number of amides is 1. The smallest absolute Gasteiger partial charge is 0.295 e. The molecule has 0 saturated carbocycles. The van der Waals surface area contributed by atoms with Gasteiger partial charge in [0.2, 0.25) is 0 Å². The second-order valence-electron chi connectivity index (χ2n) is 4.45. The number of hydrogen-bond acceptors (Lipinski definition) is 4. The minimum atomic E-state index is -0.528. The van der Waals surface area contributed by atoms with Crippen LogP contribution in [0, 0.1) is 0 Å². The van der Waals surface area contributed by atoms with E-state index in [1.54, 1.807) is 18.3 Å². The molecule has 1 amide bonds. The Balaban J connectivity index is 2.05. The number of Topliss-reactive ketones (excluding diaryl/α,β-unsaturated/α-hetero) is 1. The second-order valence-corrected chi connectivity index (χ2v) is 4.45. The Morgan fingerprint density at radius 1 is 1.33 bits per heavy atom. The lowest BCUT2D eigenvalue weighted by molar-refractivity contribution is -0.126. The van der Waals surface area contributed by atoms with Gasteiger partial charge in [0.1, 0.15) is 0 Å². The number of ketones is 1. The van der Waals surface area contributed by atoms with Gasteiger partial charge in [0.25, 0.3) is 11.7 Å². The highest BCUT2D eigenvalue weighted by Gasteiger charge is 2.25. The number of nitrogens with zero attached hydrogens (tertiary/aromatic N) is 2. The highest BCUT2D eigenvalue weighted by molar-refractivity contribution is 6.42. The normalized spacial score (nSPS) is 20.3. The summed E-state index contributed by atoms with van der Waals surface area (Å²) in [6.07, 6.45) is 4.54. The van der Waals surface area contributed by atoms with Crippen LogP contribution in [0.4, 0.5) is 0 Å². The Labute approximate surface area is 105 Å². The van der Waals surface area contributed by atoms with Crippen LogP contribution in [0.3, 0.4) is 0 Å². The number of carbonyl (C=O) groups excluding carboxylic acids is 2. The van der Waals surface area contributed by atoms with Gasteiger partial charge in [-0.25, -0.2) is 0 Å². The lowest BCUT2D eigenvalue weighted by Gasteiger charge is -2.19. The number of aromatic nitrogens is 1. The van der Waals surface area contributed by atoms with Crippen molar-refractivity contribution in [1.29, 1.82) is 0 Å². The van der Waals surface area contributed by atoms with Gasteiger partial charge in [-0.05, 0) is 31.4 Å². The van der Waals surface area contributed by atoms with E-state index in [0.717, 1.165) is 6.42 Å². The molecule has 0 aliphatic carbocycles. The Morgan fingerprint density at radius 3 is 2.89 bits per heavy atom. The fourth-order valence-electron chi connectivity index (χ4n) is 2.05. The van der Waals surface area contributed by atoms with Gasteiger partial charge in [-0.15, -0.1) is 0 Å². The van der Waals surface area contributed by atoms with Crippen molar-refractivity contribution < 1.29 is 14.7 Å². The van der Waals surface area contributed by atoms with Gasteiger partial charge < -0.3 is 10.0 Å². The van der Waals surface area contributed by atoms with Crippen LogP contribution in [0.25, 0.3) is 0 Å². The summed E-state index contributed by atoms with van der Waals surface area (Å²) in [7, 11) is 0. The number of aliphatic hydroxyl groups excluding tert-OH is 1. The fourth-order valence-corrected chi connectivity index (χ4v) is 2.05. The molecule has 0 radical (unpaired) electrons. The number of pyridine rings is 1. The van der Waals surface area contributed by atoms with E-state index in [4.69, 9.17) is 0 Å². The topological polar surface area (TPSA) is 70.5 Å². The quantitative estimate of drug-likeness (QED) is 0.616. The van der Waals surface area contributed by atoms with Crippen molar-refractivity contribution in [2.75, 3.05) is 13.1 Å². The molecule has 2 heterocycles. The third-order valence-electron chi connectivity index (χ3n) is 3.10. The third-order valence-corrected chi connectivity index (χ3v) is 3.10. The van der Waals surface area contributed by atoms with Crippen molar-refractivity contribution in [2.45, 2.75) is 25.4 Å². The molecule has 1 atom stereocenters. The van der Waals surface area contributed by atoms with Gasteiger partial charge in [-0.2, -0.15) is 0 Å². The molecule has 0 spiro atoms. The zero-order chi connectivity index (χ0) is 13.0. The monoisotopic (exact) mass is 248 g/mol. The minimum Gasteiger partial charge on any atom is -0.393 e. The summed E-state index contributed by atoms with van der Waals surface area (Å²) >= 11 is 0. The van der Waals surface area contributed by atoms with Crippen LogP contribution in [0.5, 0.6) is 0 Å². The molecule has 1 aliphatic heterocycles. The maximum atomic E-state index is 12.0. The lowest BCUT2D eigenvalue weighted by Crippen LogP contribution is -2.37. The highest BCUT2D eigenvalue weighted by Crippen LogP contribution is 2.12. The molecule has 96 valence electrons. The van der Waals surface area contributed by atoms with Crippen molar-refractivity contribution in [1.82, 2.24) is 9.88 Å². The second kappa shape index (κ2) is 5.73. The average molecular weight is 248 g/mol. The van der Waals surface area contributed by atoms with E-state index < -0.39 is 11.7 Å². The summed E-state index contributed by atoms with van der Waals surface area (Å²) in [4.78, 5) is 29.3. The average Bonchev–Trinajstić information content (AvgIpc) is 2.63. The van der Waals surface area contributed by atoms with E-state index in [-0.39, 0.29) is 6.10 Å². The summed E-state index contributed by atoms with van der Waals surface area (Å²) in [5.41, 5.74) is 0.312. The van der Waals surface area contributed by atoms with Gasteiger partial charge in [0, 0.05) is 31.0 Å². The molecular weight excluding hydrogens is 232 g/mol. The molecule has 1 N–H and O–H groups in total. The molecule has 1 aliphatic rings. The molecule has 1 saturated heterocycles. The lowest BCUT2D eigenvalue weighted by atomic mass is 10.1. The summed E-state index contributed by atoms with van der Waals surface area (Å²) < 4.78 is 0. The first-order valence-electron chi connectivity index (χ1n) is 6.10. The van der Waals surface area contributed by atoms with E-state index in [1.807, 2.05) is 0 Å². The first kappa shape index (κ1) is 12.7. The SMILES string of the molecule is O=C(C(=O)N1CCC[C@@H](O)CC1)c1cccnc1. The van der Waals surface area contributed by atoms with Crippen molar-refractivity contribution in [3.63, 3.8) is 0 Å². The predicted octanol–water partition coefficient (Wildman–Crippen LogP) is 0.638. The molecule has 0 aromatic carbocycles. The molecule has 1 aromatic rings. The van der Waals surface area contributed by atoms with Gasteiger partial charge in [0.15, 0.2) is 0 Å². The van der Waals surface area contributed by atoms with E-state index >= 15 is 0 Å². The summed E-state index contributed by atoms with van der Waals surface area (Å²) in [6, 6.07) is 3.21. The molecule has 18 heavy (non-hydrogen) atoms. The van der Waals surface area contributed by atoms with Crippen molar-refractivity contribution in [3.05, 3.63) is 30.1 Å². The molecule has 1 fully saturated rings. The zero-order valence-corrected chi connectivity index (χ0v) is 10.1. The first-order valence-corrected chi connectivity index (χ1v) is 6.10. The Bertz CT molecular complexity index is 433. The number of rotatable bonds is 2. The predicted molar refractivity (Wildman–Crippen MR) is 65.0 cm³/mol. The van der Waals surface area contributed by atoms with Crippen LogP contribution in [0.2, 0.25) is 0 Å². The number of likely N-dealkylation sites (tertiary alicyclic amines) is 1. The van der Waals surface area contributed by atoms with Crippen LogP contribution in [-0.2, 0) is 4.79 Å². The number of carbonyl (C=O) groups is 2. The summed E-state index contributed by atoms with van der Waals surface area (Å²) in [6.45, 7) is 0.966. The largest absolute Gasteiger partial charge is 0.393 e. The maximum absolute atomic E-state index is 12.0. The first-order chi connectivity index (χ1) is 8.68. The molecule has 2 rings (SSSR count). The molecule has 1 aromatic heterocycles. The summed E-state index contributed by atoms with van der Waals surface area (Å²) in [5.74, 6) is -1.03. The van der Waals surface area contributed by atoms with E-state index in [2.05, 4.69) is 4.98 Å². The highest BCUT2D eigenvalue weighted by atomic mass is 16.3. The Kier molecular flexibility index (Phi) is 4.04. The Hall–Kier alpha value is -1.75. The van der Waals surface area contributed by atoms with Gasteiger partial charge in [-0.1, -0.05) is 0 Å².